The zero-order chi connectivity index (χ0) is 15.3. The maximum absolute atomic E-state index is 12.5. The summed E-state index contributed by atoms with van der Waals surface area (Å²) in [6.07, 6.45) is 6.27. The zero-order valence-electron chi connectivity index (χ0n) is 12.4. The molecular formula is C17H20N2O3. The molecule has 0 aromatic heterocycles. The number of nitrogens with zero attached hydrogens (tertiary/aromatic N) is 1. The van der Waals surface area contributed by atoms with Crippen molar-refractivity contribution >= 4 is 11.6 Å². The quantitative estimate of drug-likeness (QED) is 0.688. The Morgan fingerprint density at radius 1 is 1.14 bits per heavy atom. The van der Waals surface area contributed by atoms with Gasteiger partial charge in [-0.25, -0.2) is 0 Å². The zero-order valence-corrected chi connectivity index (χ0v) is 12.4. The minimum absolute atomic E-state index is 0.109. The fraction of sp³-hybridized carbons (Fsp3) is 0.588. The summed E-state index contributed by atoms with van der Waals surface area (Å²) in [5.41, 5.74) is 0.0696. The van der Waals surface area contributed by atoms with Crippen molar-refractivity contribution in [2.45, 2.75) is 38.1 Å². The van der Waals surface area contributed by atoms with Crippen molar-refractivity contribution in [3.8, 4) is 0 Å². The fourth-order valence-electron chi connectivity index (χ4n) is 5.31. The van der Waals surface area contributed by atoms with Crippen molar-refractivity contribution in [2.75, 3.05) is 0 Å². The fourth-order valence-corrected chi connectivity index (χ4v) is 5.31. The van der Waals surface area contributed by atoms with Crippen molar-refractivity contribution in [3.05, 3.63) is 39.9 Å². The largest absolute Gasteiger partial charge is 0.349 e. The van der Waals surface area contributed by atoms with E-state index < -0.39 is 4.92 Å². The molecule has 116 valence electrons. The predicted octanol–water partition coefficient (Wildman–Crippen LogP) is 3.15. The van der Waals surface area contributed by atoms with Gasteiger partial charge in [-0.05, 0) is 55.4 Å². The van der Waals surface area contributed by atoms with Crippen LogP contribution in [0.15, 0.2) is 24.3 Å². The maximum atomic E-state index is 12.5. The molecule has 0 saturated heterocycles. The molecule has 0 heterocycles. The third kappa shape index (κ3) is 2.02. The number of nitro groups is 1. The molecule has 3 aliphatic carbocycles. The average molecular weight is 300 g/mol. The van der Waals surface area contributed by atoms with E-state index in [0.717, 1.165) is 24.2 Å². The summed E-state index contributed by atoms with van der Waals surface area (Å²) in [6.45, 7) is 0. The molecule has 4 rings (SSSR count). The first kappa shape index (κ1) is 13.7. The van der Waals surface area contributed by atoms with Crippen LogP contribution in [0.1, 0.15) is 42.5 Å². The molecule has 1 aromatic rings. The molecule has 5 heteroatoms. The van der Waals surface area contributed by atoms with Crippen LogP contribution in [0.2, 0.25) is 0 Å². The number of amides is 1. The number of rotatable bonds is 3. The summed E-state index contributed by atoms with van der Waals surface area (Å²) in [5.74, 6) is 2.70. The van der Waals surface area contributed by atoms with Crippen LogP contribution < -0.4 is 5.32 Å². The van der Waals surface area contributed by atoms with Gasteiger partial charge in [0.2, 0.25) is 0 Å². The molecule has 0 radical (unpaired) electrons. The van der Waals surface area contributed by atoms with Crippen LogP contribution in [0.4, 0.5) is 5.69 Å². The molecule has 2 bridgehead atoms. The van der Waals surface area contributed by atoms with E-state index in [9.17, 15) is 14.9 Å². The van der Waals surface area contributed by atoms with E-state index in [1.54, 1.807) is 18.2 Å². The predicted molar refractivity (Wildman–Crippen MR) is 81.4 cm³/mol. The second-order valence-electron chi connectivity index (χ2n) is 7.01. The first-order valence-electron chi connectivity index (χ1n) is 8.19. The van der Waals surface area contributed by atoms with Gasteiger partial charge in [-0.2, -0.15) is 0 Å². The number of carbonyl (C=O) groups is 1. The number of fused-ring (bicyclic) bond motifs is 5. The highest BCUT2D eigenvalue weighted by Gasteiger charge is 2.54. The Kier molecular flexibility index (Phi) is 3.17. The smallest absolute Gasteiger partial charge is 0.282 e. The van der Waals surface area contributed by atoms with E-state index in [-0.39, 0.29) is 23.2 Å². The van der Waals surface area contributed by atoms with Gasteiger partial charge in [0, 0.05) is 12.1 Å². The average Bonchev–Trinajstić information content (AvgIpc) is 3.19. The van der Waals surface area contributed by atoms with Gasteiger partial charge in [-0.15, -0.1) is 0 Å². The highest BCUT2D eigenvalue weighted by molar-refractivity contribution is 5.98. The van der Waals surface area contributed by atoms with Crippen molar-refractivity contribution in [2.24, 2.45) is 23.7 Å². The van der Waals surface area contributed by atoms with Gasteiger partial charge in [0.1, 0.15) is 5.56 Å². The molecule has 1 amide bonds. The summed E-state index contributed by atoms with van der Waals surface area (Å²) in [6, 6.07) is 6.41. The molecule has 22 heavy (non-hydrogen) atoms. The Morgan fingerprint density at radius 3 is 2.73 bits per heavy atom. The molecule has 3 saturated carbocycles. The normalized spacial score (nSPS) is 35.4. The molecule has 1 aromatic carbocycles. The van der Waals surface area contributed by atoms with Crippen LogP contribution in [-0.2, 0) is 0 Å². The second kappa shape index (κ2) is 5.07. The van der Waals surface area contributed by atoms with E-state index in [1.807, 2.05) is 0 Å². The number of hydrogen-bond donors (Lipinski definition) is 1. The molecule has 5 unspecified atom stereocenters. The molecular weight excluding hydrogens is 280 g/mol. The van der Waals surface area contributed by atoms with Gasteiger partial charge in [-0.1, -0.05) is 18.6 Å². The number of benzene rings is 1. The molecule has 0 spiro atoms. The lowest BCUT2D eigenvalue weighted by Gasteiger charge is -2.32. The Morgan fingerprint density at radius 2 is 1.91 bits per heavy atom. The summed E-state index contributed by atoms with van der Waals surface area (Å²) < 4.78 is 0. The summed E-state index contributed by atoms with van der Waals surface area (Å²) in [5, 5.41) is 14.2. The first-order chi connectivity index (χ1) is 10.6. The highest BCUT2D eigenvalue weighted by atomic mass is 16.6. The van der Waals surface area contributed by atoms with Crippen LogP contribution in [0.25, 0.3) is 0 Å². The van der Waals surface area contributed by atoms with Gasteiger partial charge in [0.05, 0.1) is 4.92 Å². The second-order valence-corrected chi connectivity index (χ2v) is 7.01. The monoisotopic (exact) mass is 300 g/mol. The van der Waals surface area contributed by atoms with Crippen molar-refractivity contribution in [1.82, 2.24) is 5.32 Å². The molecule has 1 N–H and O–H groups in total. The molecule has 3 fully saturated rings. The summed E-state index contributed by atoms with van der Waals surface area (Å²) in [4.78, 5) is 23.1. The van der Waals surface area contributed by atoms with Gasteiger partial charge in [0.15, 0.2) is 0 Å². The van der Waals surface area contributed by atoms with Gasteiger partial charge in [0.25, 0.3) is 11.6 Å². The van der Waals surface area contributed by atoms with Crippen molar-refractivity contribution in [1.29, 1.82) is 0 Å². The Labute approximate surface area is 129 Å². The van der Waals surface area contributed by atoms with Gasteiger partial charge in [-0.3, -0.25) is 14.9 Å². The van der Waals surface area contributed by atoms with Crippen LogP contribution in [0.3, 0.4) is 0 Å². The van der Waals surface area contributed by atoms with Gasteiger partial charge >= 0.3 is 0 Å². The maximum Gasteiger partial charge on any atom is 0.282 e. The first-order valence-corrected chi connectivity index (χ1v) is 8.19. The Hall–Kier alpha value is -1.91. The van der Waals surface area contributed by atoms with E-state index in [0.29, 0.717) is 5.92 Å². The number of carbonyl (C=O) groups excluding carboxylic acids is 1. The molecule has 3 aliphatic rings. The van der Waals surface area contributed by atoms with Crippen LogP contribution in [0.5, 0.6) is 0 Å². The lowest BCUT2D eigenvalue weighted by molar-refractivity contribution is -0.385. The SMILES string of the molecule is O=C(NC1CC2CC1C1CCCC21)c1ccccc1[N+](=O)[O-]. The minimum atomic E-state index is -0.483. The van der Waals surface area contributed by atoms with E-state index >= 15 is 0 Å². The number of para-hydroxylation sites is 1. The molecule has 5 atom stereocenters. The third-order valence-electron chi connectivity index (χ3n) is 6.09. The van der Waals surface area contributed by atoms with E-state index in [4.69, 9.17) is 0 Å². The Bertz CT molecular complexity index is 630. The third-order valence-corrected chi connectivity index (χ3v) is 6.09. The van der Waals surface area contributed by atoms with Crippen molar-refractivity contribution < 1.29 is 9.72 Å². The van der Waals surface area contributed by atoms with Crippen molar-refractivity contribution in [3.63, 3.8) is 0 Å². The summed E-state index contributed by atoms with van der Waals surface area (Å²) in [7, 11) is 0. The molecule has 0 aliphatic heterocycles. The molecule has 5 nitrogen and oxygen atoms in total. The summed E-state index contributed by atoms with van der Waals surface area (Å²) >= 11 is 0. The van der Waals surface area contributed by atoms with Gasteiger partial charge < -0.3 is 5.32 Å². The van der Waals surface area contributed by atoms with E-state index in [1.165, 1.54) is 31.7 Å². The standard InChI is InChI=1S/C17H20N2O3/c20-17(13-4-1-2-7-16(13)19(21)22)18-15-9-10-8-14(15)12-6-3-5-11(10)12/h1-2,4,7,10-12,14-15H,3,5-6,8-9H2,(H,18,20). The van der Waals surface area contributed by atoms with Crippen LogP contribution >= 0.6 is 0 Å². The van der Waals surface area contributed by atoms with E-state index in [2.05, 4.69) is 5.32 Å². The number of nitrogens with one attached hydrogen (secondary N) is 1. The topological polar surface area (TPSA) is 72.2 Å². The number of hydrogen-bond acceptors (Lipinski definition) is 3. The lowest BCUT2D eigenvalue weighted by Crippen LogP contribution is -2.42. The minimum Gasteiger partial charge on any atom is -0.349 e. The Balaban J connectivity index is 1.51. The highest BCUT2D eigenvalue weighted by Crippen LogP contribution is 2.58. The number of nitro benzene ring substituents is 1. The van der Waals surface area contributed by atoms with Crippen LogP contribution in [0, 0.1) is 33.8 Å². The van der Waals surface area contributed by atoms with Crippen LogP contribution in [-0.4, -0.2) is 16.9 Å². The lowest BCUT2D eigenvalue weighted by atomic mass is 9.79.